The van der Waals surface area contributed by atoms with Gasteiger partial charge in [0, 0.05) is 37.2 Å². The number of anilines is 1. The fourth-order valence-corrected chi connectivity index (χ4v) is 3.69. The van der Waals surface area contributed by atoms with Crippen molar-refractivity contribution in [1.29, 1.82) is 0 Å². The minimum Gasteiger partial charge on any atom is -0.355 e. The van der Waals surface area contributed by atoms with Gasteiger partial charge in [-0.05, 0) is 54.8 Å². The lowest BCUT2D eigenvalue weighted by Gasteiger charge is -2.09. The van der Waals surface area contributed by atoms with Gasteiger partial charge in [-0.3, -0.25) is 9.59 Å². The second-order valence-electron chi connectivity index (χ2n) is 7.62. The lowest BCUT2D eigenvalue weighted by Crippen LogP contribution is -2.17. The van der Waals surface area contributed by atoms with Crippen molar-refractivity contribution < 1.29 is 14.0 Å². The van der Waals surface area contributed by atoms with E-state index in [9.17, 15) is 14.0 Å². The molecule has 2 aromatic carbocycles. The molecule has 1 aliphatic rings. The summed E-state index contributed by atoms with van der Waals surface area (Å²) in [5.74, 6) is 0.456. The molecule has 164 valence electrons. The van der Waals surface area contributed by atoms with Gasteiger partial charge in [-0.2, -0.15) is 0 Å². The summed E-state index contributed by atoms with van der Waals surface area (Å²) in [6, 6.07) is 11.4. The molecule has 4 rings (SSSR count). The van der Waals surface area contributed by atoms with Gasteiger partial charge in [-0.25, -0.2) is 4.39 Å². The number of halogens is 1. The van der Waals surface area contributed by atoms with Crippen molar-refractivity contribution in [2.75, 3.05) is 12.4 Å². The molecule has 0 atom stereocenters. The first-order valence-electron chi connectivity index (χ1n) is 10.6. The van der Waals surface area contributed by atoms with Crippen molar-refractivity contribution in [1.82, 2.24) is 20.1 Å². The molecular weight excluding hydrogens is 409 g/mol. The summed E-state index contributed by atoms with van der Waals surface area (Å²) < 4.78 is 16.5. The SMILES string of the molecule is CNC(=O)c1ccc(/C=C/C(=O)Nc2cc(-c3nnc4n3CCCCC4)ccc2F)cc1. The Morgan fingerprint density at radius 3 is 2.66 bits per heavy atom. The predicted octanol–water partition coefficient (Wildman–Crippen LogP) is 3.82. The Bertz CT molecular complexity index is 1170. The van der Waals surface area contributed by atoms with Crippen LogP contribution in [0.15, 0.2) is 48.5 Å². The van der Waals surface area contributed by atoms with Gasteiger partial charge in [0.1, 0.15) is 11.6 Å². The zero-order chi connectivity index (χ0) is 22.5. The van der Waals surface area contributed by atoms with Gasteiger partial charge in [-0.15, -0.1) is 10.2 Å². The number of hydrogen-bond acceptors (Lipinski definition) is 4. The summed E-state index contributed by atoms with van der Waals surface area (Å²) in [6.45, 7) is 0.832. The van der Waals surface area contributed by atoms with Crippen LogP contribution >= 0.6 is 0 Å². The molecule has 0 saturated carbocycles. The maximum atomic E-state index is 14.4. The van der Waals surface area contributed by atoms with Crippen molar-refractivity contribution in [3.8, 4) is 11.4 Å². The summed E-state index contributed by atoms with van der Waals surface area (Å²) >= 11 is 0. The molecule has 0 aliphatic carbocycles. The standard InChI is InChI=1S/C24H24FN5O2/c1-26-24(32)17-9-6-16(7-10-17)8-13-22(31)27-20-15-18(11-12-19(20)25)23-29-28-21-5-3-2-4-14-30(21)23/h6-13,15H,2-5,14H2,1H3,(H,26,32)(H,27,31)/b13-8+. The summed E-state index contributed by atoms with van der Waals surface area (Å²) in [5, 5.41) is 13.7. The van der Waals surface area contributed by atoms with Gasteiger partial charge in [0.2, 0.25) is 5.91 Å². The van der Waals surface area contributed by atoms with Gasteiger partial charge < -0.3 is 15.2 Å². The zero-order valence-corrected chi connectivity index (χ0v) is 17.8. The quantitative estimate of drug-likeness (QED) is 0.599. The van der Waals surface area contributed by atoms with Crippen LogP contribution in [-0.2, 0) is 17.8 Å². The van der Waals surface area contributed by atoms with Crippen molar-refractivity contribution in [3.05, 3.63) is 71.3 Å². The number of carbonyl (C=O) groups excluding carboxylic acids is 2. The number of rotatable bonds is 5. The van der Waals surface area contributed by atoms with E-state index in [2.05, 4.69) is 25.4 Å². The third kappa shape index (κ3) is 4.74. The highest BCUT2D eigenvalue weighted by Crippen LogP contribution is 2.26. The van der Waals surface area contributed by atoms with Gasteiger partial charge in [0.05, 0.1) is 5.69 Å². The Morgan fingerprint density at radius 2 is 1.88 bits per heavy atom. The third-order valence-corrected chi connectivity index (χ3v) is 5.42. The Kier molecular flexibility index (Phi) is 6.39. The minimum absolute atomic E-state index is 0.0816. The molecule has 7 nitrogen and oxygen atoms in total. The number of aryl methyl sites for hydroxylation is 1. The first kappa shape index (κ1) is 21.4. The average molecular weight is 433 g/mol. The van der Waals surface area contributed by atoms with Crippen LogP contribution < -0.4 is 10.6 Å². The first-order valence-corrected chi connectivity index (χ1v) is 10.6. The number of nitrogens with zero attached hydrogens (tertiary/aromatic N) is 3. The van der Waals surface area contributed by atoms with Crippen LogP contribution in [0.25, 0.3) is 17.5 Å². The molecule has 0 saturated heterocycles. The van der Waals surface area contributed by atoms with Crippen molar-refractivity contribution in [2.45, 2.75) is 32.2 Å². The molecule has 0 radical (unpaired) electrons. The lowest BCUT2D eigenvalue weighted by molar-refractivity contribution is -0.111. The molecular formula is C24H24FN5O2. The predicted molar refractivity (Wildman–Crippen MR) is 120 cm³/mol. The van der Waals surface area contributed by atoms with Gasteiger partial charge in [0.25, 0.3) is 5.91 Å². The van der Waals surface area contributed by atoms with E-state index in [0.29, 0.717) is 17.0 Å². The number of fused-ring (bicyclic) bond motifs is 1. The molecule has 2 amide bonds. The third-order valence-electron chi connectivity index (χ3n) is 5.42. The molecule has 0 unspecified atom stereocenters. The van der Waals surface area contributed by atoms with E-state index in [-0.39, 0.29) is 11.6 Å². The number of hydrogen-bond donors (Lipinski definition) is 2. The smallest absolute Gasteiger partial charge is 0.251 e. The zero-order valence-electron chi connectivity index (χ0n) is 17.8. The molecule has 1 aromatic heterocycles. The van der Waals surface area contributed by atoms with E-state index in [1.54, 1.807) is 49.5 Å². The van der Waals surface area contributed by atoms with Crippen LogP contribution in [-0.4, -0.2) is 33.6 Å². The van der Waals surface area contributed by atoms with E-state index in [1.165, 1.54) is 12.1 Å². The van der Waals surface area contributed by atoms with Crippen molar-refractivity contribution >= 4 is 23.6 Å². The Balaban J connectivity index is 1.49. The number of amides is 2. The van der Waals surface area contributed by atoms with E-state index >= 15 is 0 Å². The van der Waals surface area contributed by atoms with E-state index in [4.69, 9.17) is 0 Å². The normalized spacial score (nSPS) is 13.4. The van der Waals surface area contributed by atoms with Crippen LogP contribution in [0.4, 0.5) is 10.1 Å². The molecule has 1 aliphatic heterocycles. The van der Waals surface area contributed by atoms with Gasteiger partial charge >= 0.3 is 0 Å². The number of aromatic nitrogens is 3. The van der Waals surface area contributed by atoms with Gasteiger partial charge in [-0.1, -0.05) is 18.6 Å². The second-order valence-corrected chi connectivity index (χ2v) is 7.62. The van der Waals surface area contributed by atoms with Crippen molar-refractivity contribution in [2.24, 2.45) is 0 Å². The highest BCUT2D eigenvalue weighted by atomic mass is 19.1. The number of nitrogens with one attached hydrogen (secondary N) is 2. The Hall–Kier alpha value is -3.81. The van der Waals surface area contributed by atoms with Crippen LogP contribution in [0, 0.1) is 5.82 Å². The van der Waals surface area contributed by atoms with Crippen LogP contribution in [0.2, 0.25) is 0 Å². The summed E-state index contributed by atoms with van der Waals surface area (Å²) in [6.07, 6.45) is 7.09. The maximum Gasteiger partial charge on any atom is 0.251 e. The monoisotopic (exact) mass is 433 g/mol. The molecule has 3 aromatic rings. The number of carbonyl (C=O) groups is 2. The summed E-state index contributed by atoms with van der Waals surface area (Å²) in [7, 11) is 1.56. The van der Waals surface area contributed by atoms with Gasteiger partial charge in [0.15, 0.2) is 5.82 Å². The fourth-order valence-electron chi connectivity index (χ4n) is 3.69. The van der Waals surface area contributed by atoms with Crippen LogP contribution in [0.1, 0.15) is 41.0 Å². The highest BCUT2D eigenvalue weighted by Gasteiger charge is 2.17. The largest absolute Gasteiger partial charge is 0.355 e. The van der Waals surface area contributed by atoms with Crippen LogP contribution in [0.5, 0.6) is 0 Å². The average Bonchev–Trinajstić information content (AvgIpc) is 3.07. The second kappa shape index (κ2) is 9.55. The maximum absolute atomic E-state index is 14.4. The molecule has 0 bridgehead atoms. The molecule has 32 heavy (non-hydrogen) atoms. The van der Waals surface area contributed by atoms with Crippen molar-refractivity contribution in [3.63, 3.8) is 0 Å². The lowest BCUT2D eigenvalue weighted by atomic mass is 10.1. The Morgan fingerprint density at radius 1 is 1.06 bits per heavy atom. The highest BCUT2D eigenvalue weighted by molar-refractivity contribution is 6.02. The molecule has 8 heteroatoms. The molecule has 2 N–H and O–H groups in total. The van der Waals surface area contributed by atoms with E-state index in [0.717, 1.165) is 43.6 Å². The van der Waals surface area contributed by atoms with E-state index in [1.807, 2.05) is 0 Å². The number of benzene rings is 2. The summed E-state index contributed by atoms with van der Waals surface area (Å²) in [4.78, 5) is 24.0. The first-order chi connectivity index (χ1) is 15.5. The minimum atomic E-state index is -0.527. The Labute approximate surface area is 185 Å². The fraction of sp³-hybridized carbons (Fsp3) is 0.250. The summed E-state index contributed by atoms with van der Waals surface area (Å²) in [5.41, 5.74) is 2.06. The topological polar surface area (TPSA) is 88.9 Å². The molecule has 0 fully saturated rings. The van der Waals surface area contributed by atoms with E-state index < -0.39 is 11.7 Å². The van der Waals surface area contributed by atoms with Crippen LogP contribution in [0.3, 0.4) is 0 Å². The molecule has 2 heterocycles. The molecule has 0 spiro atoms.